The maximum atomic E-state index is 8.78. The molecule has 0 saturated heterocycles. The van der Waals surface area contributed by atoms with Crippen LogP contribution in [0.1, 0.15) is 30.0 Å². The zero-order chi connectivity index (χ0) is 14.2. The van der Waals surface area contributed by atoms with Gasteiger partial charge < -0.3 is 5.32 Å². The predicted octanol–water partition coefficient (Wildman–Crippen LogP) is 4.07. The standard InChI is InChI=1S/C17H17N3/c1-2-3-9-16(15-7-5-4-6-8-15)20-17-11-10-14(12-18)13-19-17/h2,4-8,10-11,13,16H,1,3,9H2,(H,19,20). The van der Waals surface area contributed by atoms with Crippen molar-refractivity contribution in [3.8, 4) is 6.07 Å². The second-order valence-corrected chi connectivity index (χ2v) is 4.52. The molecule has 0 saturated carbocycles. The average molecular weight is 263 g/mol. The molecule has 2 aromatic rings. The van der Waals surface area contributed by atoms with Gasteiger partial charge in [-0.15, -0.1) is 6.58 Å². The van der Waals surface area contributed by atoms with Gasteiger partial charge in [0.15, 0.2) is 0 Å². The summed E-state index contributed by atoms with van der Waals surface area (Å²) in [5.41, 5.74) is 1.79. The van der Waals surface area contributed by atoms with Gasteiger partial charge in [0, 0.05) is 6.20 Å². The number of nitrogens with zero attached hydrogens (tertiary/aromatic N) is 2. The SMILES string of the molecule is C=CCCC(Nc1ccc(C#N)cn1)c1ccccc1. The lowest BCUT2D eigenvalue weighted by Gasteiger charge is -2.19. The first kappa shape index (κ1) is 13.8. The van der Waals surface area contributed by atoms with E-state index in [0.29, 0.717) is 5.56 Å². The Kier molecular flexibility index (Phi) is 4.91. The van der Waals surface area contributed by atoms with Gasteiger partial charge in [-0.3, -0.25) is 0 Å². The van der Waals surface area contributed by atoms with E-state index in [4.69, 9.17) is 5.26 Å². The molecule has 1 atom stereocenters. The number of nitrogens with one attached hydrogen (secondary N) is 1. The van der Waals surface area contributed by atoms with E-state index < -0.39 is 0 Å². The van der Waals surface area contributed by atoms with E-state index >= 15 is 0 Å². The second-order valence-electron chi connectivity index (χ2n) is 4.52. The number of nitriles is 1. The van der Waals surface area contributed by atoms with Gasteiger partial charge in [0.1, 0.15) is 11.9 Å². The molecule has 0 aliphatic carbocycles. The summed E-state index contributed by atoms with van der Waals surface area (Å²) in [6.07, 6.45) is 5.39. The number of anilines is 1. The first-order valence-electron chi connectivity index (χ1n) is 6.62. The number of rotatable bonds is 6. The van der Waals surface area contributed by atoms with Gasteiger partial charge in [0.05, 0.1) is 11.6 Å². The third kappa shape index (κ3) is 3.69. The molecule has 1 N–H and O–H groups in total. The lowest BCUT2D eigenvalue weighted by molar-refractivity contribution is 0.702. The third-order valence-corrected chi connectivity index (χ3v) is 3.08. The summed E-state index contributed by atoms with van der Waals surface area (Å²) in [5.74, 6) is 0.780. The second kappa shape index (κ2) is 7.10. The number of pyridine rings is 1. The van der Waals surface area contributed by atoms with Crippen LogP contribution in [-0.2, 0) is 0 Å². The summed E-state index contributed by atoms with van der Waals surface area (Å²) in [7, 11) is 0. The van der Waals surface area contributed by atoms with Gasteiger partial charge in [0.2, 0.25) is 0 Å². The molecule has 2 rings (SSSR count). The van der Waals surface area contributed by atoms with Crippen LogP contribution in [0.15, 0.2) is 61.3 Å². The van der Waals surface area contributed by atoms with E-state index in [1.165, 1.54) is 5.56 Å². The van der Waals surface area contributed by atoms with Crippen LogP contribution in [0, 0.1) is 11.3 Å². The lowest BCUT2D eigenvalue weighted by Crippen LogP contribution is -2.11. The first-order valence-corrected chi connectivity index (χ1v) is 6.62. The Bertz CT molecular complexity index is 582. The highest BCUT2D eigenvalue weighted by atomic mass is 15.0. The molecule has 1 unspecified atom stereocenters. The van der Waals surface area contributed by atoms with Crippen molar-refractivity contribution in [2.24, 2.45) is 0 Å². The molecule has 1 aromatic carbocycles. The molecule has 0 aliphatic heterocycles. The highest BCUT2D eigenvalue weighted by molar-refractivity contribution is 5.41. The van der Waals surface area contributed by atoms with E-state index in [2.05, 4.69) is 35.1 Å². The monoisotopic (exact) mass is 263 g/mol. The molecule has 0 amide bonds. The molecule has 0 radical (unpaired) electrons. The average Bonchev–Trinajstić information content (AvgIpc) is 2.53. The molecular weight excluding hydrogens is 246 g/mol. The van der Waals surface area contributed by atoms with Crippen molar-refractivity contribution >= 4 is 5.82 Å². The molecule has 0 fully saturated rings. The summed E-state index contributed by atoms with van der Waals surface area (Å²) in [4.78, 5) is 4.26. The van der Waals surface area contributed by atoms with Gasteiger partial charge >= 0.3 is 0 Å². The van der Waals surface area contributed by atoms with E-state index in [1.54, 1.807) is 12.3 Å². The van der Waals surface area contributed by atoms with Crippen LogP contribution in [0.25, 0.3) is 0 Å². The van der Waals surface area contributed by atoms with Gasteiger partial charge in [-0.2, -0.15) is 5.26 Å². The van der Waals surface area contributed by atoms with Crippen molar-refractivity contribution in [3.63, 3.8) is 0 Å². The van der Waals surface area contributed by atoms with Gasteiger partial charge in [-0.1, -0.05) is 36.4 Å². The van der Waals surface area contributed by atoms with Crippen LogP contribution in [-0.4, -0.2) is 4.98 Å². The number of allylic oxidation sites excluding steroid dienone is 1. The quantitative estimate of drug-likeness (QED) is 0.799. The molecular formula is C17H17N3. The van der Waals surface area contributed by atoms with Crippen LogP contribution in [0.5, 0.6) is 0 Å². The fourth-order valence-electron chi connectivity index (χ4n) is 2.02. The van der Waals surface area contributed by atoms with E-state index in [0.717, 1.165) is 18.7 Å². The molecule has 3 nitrogen and oxygen atoms in total. The smallest absolute Gasteiger partial charge is 0.126 e. The van der Waals surface area contributed by atoms with Gasteiger partial charge in [-0.05, 0) is 30.5 Å². The van der Waals surface area contributed by atoms with Crippen molar-refractivity contribution in [2.45, 2.75) is 18.9 Å². The molecule has 0 bridgehead atoms. The van der Waals surface area contributed by atoms with E-state index in [-0.39, 0.29) is 6.04 Å². The molecule has 0 spiro atoms. The van der Waals surface area contributed by atoms with Crippen LogP contribution in [0.3, 0.4) is 0 Å². The van der Waals surface area contributed by atoms with Crippen LogP contribution in [0.2, 0.25) is 0 Å². The zero-order valence-electron chi connectivity index (χ0n) is 11.3. The Labute approximate surface area is 119 Å². The lowest BCUT2D eigenvalue weighted by atomic mass is 10.0. The molecule has 1 heterocycles. The highest BCUT2D eigenvalue weighted by Gasteiger charge is 2.10. The summed E-state index contributed by atoms with van der Waals surface area (Å²) >= 11 is 0. The third-order valence-electron chi connectivity index (χ3n) is 3.08. The molecule has 100 valence electrons. The number of aromatic nitrogens is 1. The van der Waals surface area contributed by atoms with Crippen molar-refractivity contribution in [1.82, 2.24) is 4.98 Å². The van der Waals surface area contributed by atoms with Crippen molar-refractivity contribution in [1.29, 1.82) is 5.26 Å². The topological polar surface area (TPSA) is 48.7 Å². The summed E-state index contributed by atoms with van der Waals surface area (Å²) in [5, 5.41) is 12.2. The maximum Gasteiger partial charge on any atom is 0.126 e. The Morgan fingerprint density at radius 2 is 2.05 bits per heavy atom. The molecule has 3 heteroatoms. The minimum atomic E-state index is 0.189. The fraction of sp³-hybridized carbons (Fsp3) is 0.176. The number of hydrogen-bond acceptors (Lipinski definition) is 3. The molecule has 0 aliphatic rings. The van der Waals surface area contributed by atoms with Crippen molar-refractivity contribution in [3.05, 3.63) is 72.4 Å². The number of benzene rings is 1. The van der Waals surface area contributed by atoms with E-state index in [1.807, 2.05) is 30.3 Å². The summed E-state index contributed by atoms with van der Waals surface area (Å²) < 4.78 is 0. The Morgan fingerprint density at radius 1 is 1.25 bits per heavy atom. The van der Waals surface area contributed by atoms with Gasteiger partial charge in [0.25, 0.3) is 0 Å². The molecule has 20 heavy (non-hydrogen) atoms. The van der Waals surface area contributed by atoms with Gasteiger partial charge in [-0.25, -0.2) is 4.98 Å². The van der Waals surface area contributed by atoms with Crippen molar-refractivity contribution in [2.75, 3.05) is 5.32 Å². The Hall–Kier alpha value is -2.60. The minimum absolute atomic E-state index is 0.189. The predicted molar refractivity (Wildman–Crippen MR) is 81.2 cm³/mol. The van der Waals surface area contributed by atoms with Crippen molar-refractivity contribution < 1.29 is 0 Å². The van der Waals surface area contributed by atoms with Crippen LogP contribution in [0.4, 0.5) is 5.82 Å². The summed E-state index contributed by atoms with van der Waals surface area (Å²) in [6.45, 7) is 3.78. The first-order chi connectivity index (χ1) is 9.83. The normalized spacial score (nSPS) is 11.3. The minimum Gasteiger partial charge on any atom is -0.363 e. The Morgan fingerprint density at radius 3 is 2.65 bits per heavy atom. The number of hydrogen-bond donors (Lipinski definition) is 1. The summed E-state index contributed by atoms with van der Waals surface area (Å²) in [6, 6.07) is 16.1. The van der Waals surface area contributed by atoms with Crippen LogP contribution < -0.4 is 5.32 Å². The Balaban J connectivity index is 2.14. The maximum absolute atomic E-state index is 8.78. The van der Waals surface area contributed by atoms with Crippen LogP contribution >= 0.6 is 0 Å². The largest absolute Gasteiger partial charge is 0.363 e. The fourth-order valence-corrected chi connectivity index (χ4v) is 2.02. The van der Waals surface area contributed by atoms with E-state index in [9.17, 15) is 0 Å². The highest BCUT2D eigenvalue weighted by Crippen LogP contribution is 2.23. The zero-order valence-corrected chi connectivity index (χ0v) is 11.3. The molecule has 1 aromatic heterocycles.